The monoisotopic (exact) mass is 243 g/mol. The molecule has 4 heteroatoms. The summed E-state index contributed by atoms with van der Waals surface area (Å²) < 4.78 is 5.08. The highest BCUT2D eigenvalue weighted by molar-refractivity contribution is 7.99. The van der Waals surface area contributed by atoms with E-state index in [1.54, 1.807) is 24.9 Å². The van der Waals surface area contributed by atoms with Gasteiger partial charge < -0.3 is 4.74 Å². The molecule has 0 N–H and O–H groups in total. The van der Waals surface area contributed by atoms with Gasteiger partial charge in [0.05, 0.1) is 13.2 Å². The van der Waals surface area contributed by atoms with Crippen LogP contribution in [-0.2, 0) is 0 Å². The molecular weight excluding hydrogens is 232 g/mol. The van der Waals surface area contributed by atoms with Gasteiger partial charge in [0.2, 0.25) is 5.39 Å². The maximum atomic E-state index is 8.97. The van der Waals surface area contributed by atoms with E-state index in [1.807, 2.05) is 42.5 Å². The van der Waals surface area contributed by atoms with Gasteiger partial charge in [-0.1, -0.05) is 30.0 Å². The first-order valence-corrected chi connectivity index (χ1v) is 5.91. The van der Waals surface area contributed by atoms with Gasteiger partial charge in [-0.2, -0.15) is 0 Å². The summed E-state index contributed by atoms with van der Waals surface area (Å²) in [6.45, 7) is 0. The van der Waals surface area contributed by atoms with Crippen molar-refractivity contribution in [3.63, 3.8) is 0 Å². The maximum absolute atomic E-state index is 8.97. The summed E-state index contributed by atoms with van der Waals surface area (Å²) in [6.07, 6.45) is 0. The van der Waals surface area contributed by atoms with Crippen LogP contribution in [0.1, 0.15) is 0 Å². The van der Waals surface area contributed by atoms with Crippen molar-refractivity contribution in [1.29, 1.82) is 5.39 Å². The molecule has 3 nitrogen and oxygen atoms in total. The Hall–Kier alpha value is -1.99. The third-order valence-corrected chi connectivity index (χ3v) is 3.32. The molecule has 0 radical (unpaired) electrons. The normalized spacial score (nSPS) is 9.65. The van der Waals surface area contributed by atoms with E-state index in [0.29, 0.717) is 11.4 Å². The van der Waals surface area contributed by atoms with E-state index in [0.717, 1.165) is 9.79 Å². The molecule has 2 aromatic rings. The minimum absolute atomic E-state index is 0.512. The average molecular weight is 243 g/mol. The Labute approximate surface area is 104 Å². The van der Waals surface area contributed by atoms with Gasteiger partial charge in [0.1, 0.15) is 10.6 Å². The van der Waals surface area contributed by atoms with Gasteiger partial charge in [-0.05, 0) is 24.3 Å². The van der Waals surface area contributed by atoms with Crippen LogP contribution in [0.3, 0.4) is 0 Å². The molecule has 0 aliphatic rings. The highest BCUT2D eigenvalue weighted by Gasteiger charge is 2.15. The molecule has 0 spiro atoms. The molecule has 0 fully saturated rings. The quantitative estimate of drug-likeness (QED) is 0.753. The standard InChI is InChI=1S/C13H11N2OS/c1-16-10-7-8-13(12(9-10)15-14)17-11-5-3-2-4-6-11/h2-9H,1H3/q+1. The molecule has 17 heavy (non-hydrogen) atoms. The molecule has 0 unspecified atom stereocenters. The Morgan fingerprint density at radius 3 is 2.53 bits per heavy atom. The summed E-state index contributed by atoms with van der Waals surface area (Å²) in [5.41, 5.74) is 0.512. The molecule has 2 aromatic carbocycles. The predicted molar refractivity (Wildman–Crippen MR) is 68.3 cm³/mol. The fourth-order valence-corrected chi connectivity index (χ4v) is 2.29. The Morgan fingerprint density at radius 2 is 1.88 bits per heavy atom. The van der Waals surface area contributed by atoms with Crippen LogP contribution >= 0.6 is 11.8 Å². The predicted octanol–water partition coefficient (Wildman–Crippen LogP) is 4.33. The number of methoxy groups -OCH3 is 1. The first-order valence-electron chi connectivity index (χ1n) is 5.09. The summed E-state index contributed by atoms with van der Waals surface area (Å²) in [7, 11) is 1.58. The third kappa shape index (κ3) is 2.77. The lowest BCUT2D eigenvalue weighted by molar-refractivity contribution is 0.415. The van der Waals surface area contributed by atoms with Gasteiger partial charge in [-0.15, -0.1) is 0 Å². The van der Waals surface area contributed by atoms with Gasteiger partial charge in [-0.25, -0.2) is 0 Å². The van der Waals surface area contributed by atoms with Gasteiger partial charge in [0, 0.05) is 4.90 Å². The van der Waals surface area contributed by atoms with E-state index in [2.05, 4.69) is 4.98 Å². The molecular formula is C13H11N2OS+. The number of diazo groups is 1. The van der Waals surface area contributed by atoms with Crippen molar-refractivity contribution in [3.8, 4) is 5.75 Å². The Kier molecular flexibility index (Phi) is 3.63. The number of nitrogens with zero attached hydrogens (tertiary/aromatic N) is 2. The highest BCUT2D eigenvalue weighted by Crippen LogP contribution is 2.37. The molecule has 0 saturated heterocycles. The Morgan fingerprint density at radius 1 is 1.12 bits per heavy atom. The number of benzene rings is 2. The molecule has 0 heterocycles. The van der Waals surface area contributed by atoms with E-state index in [-0.39, 0.29) is 0 Å². The van der Waals surface area contributed by atoms with E-state index >= 15 is 0 Å². The van der Waals surface area contributed by atoms with Crippen molar-refractivity contribution in [2.75, 3.05) is 7.11 Å². The van der Waals surface area contributed by atoms with Crippen LogP contribution in [0.4, 0.5) is 5.69 Å². The average Bonchev–Trinajstić information content (AvgIpc) is 2.40. The van der Waals surface area contributed by atoms with E-state index in [4.69, 9.17) is 10.1 Å². The van der Waals surface area contributed by atoms with Crippen LogP contribution in [0.5, 0.6) is 5.75 Å². The lowest BCUT2D eigenvalue weighted by Gasteiger charge is -2.01. The van der Waals surface area contributed by atoms with Crippen molar-refractivity contribution in [1.82, 2.24) is 0 Å². The van der Waals surface area contributed by atoms with Crippen LogP contribution < -0.4 is 4.74 Å². The summed E-state index contributed by atoms with van der Waals surface area (Å²) >= 11 is 1.55. The minimum Gasteiger partial charge on any atom is -0.496 e. The lowest BCUT2D eigenvalue weighted by Crippen LogP contribution is -1.82. The van der Waals surface area contributed by atoms with Crippen LogP contribution in [0, 0.1) is 5.39 Å². The zero-order valence-corrected chi connectivity index (χ0v) is 10.1. The largest absolute Gasteiger partial charge is 0.496 e. The summed E-state index contributed by atoms with van der Waals surface area (Å²) in [6, 6.07) is 15.4. The molecule has 2 rings (SSSR count). The molecule has 0 saturated carbocycles. The second-order valence-corrected chi connectivity index (χ2v) is 4.46. The summed E-state index contributed by atoms with van der Waals surface area (Å²) in [4.78, 5) is 5.26. The first-order chi connectivity index (χ1) is 8.33. The maximum Gasteiger partial charge on any atom is 0.402 e. The summed E-state index contributed by atoms with van der Waals surface area (Å²) in [5.74, 6) is 0.676. The van der Waals surface area contributed by atoms with Gasteiger partial charge in [0.15, 0.2) is 4.98 Å². The van der Waals surface area contributed by atoms with Gasteiger partial charge in [-0.3, -0.25) is 0 Å². The van der Waals surface area contributed by atoms with Gasteiger partial charge >= 0.3 is 5.69 Å². The number of hydrogen-bond acceptors (Lipinski definition) is 3. The fourth-order valence-electron chi connectivity index (χ4n) is 1.40. The molecule has 0 aromatic heterocycles. The van der Waals surface area contributed by atoms with Crippen molar-refractivity contribution in [3.05, 3.63) is 53.5 Å². The molecule has 0 bridgehead atoms. The Balaban J connectivity index is 2.31. The molecule has 0 amide bonds. The van der Waals surface area contributed by atoms with Crippen LogP contribution in [0.25, 0.3) is 4.98 Å². The zero-order chi connectivity index (χ0) is 12.1. The van der Waals surface area contributed by atoms with Crippen LogP contribution in [0.2, 0.25) is 0 Å². The number of ether oxygens (including phenoxy) is 1. The minimum atomic E-state index is 0.512. The SMILES string of the molecule is COc1ccc(Sc2ccccc2)c([N+]#N)c1. The summed E-state index contributed by atoms with van der Waals surface area (Å²) in [5, 5.41) is 8.97. The second-order valence-electron chi connectivity index (χ2n) is 3.35. The number of rotatable bonds is 3. The molecule has 0 aliphatic heterocycles. The van der Waals surface area contributed by atoms with Crippen LogP contribution in [-0.4, -0.2) is 7.11 Å². The smallest absolute Gasteiger partial charge is 0.402 e. The Bertz CT molecular complexity index is 549. The number of hydrogen-bond donors (Lipinski definition) is 0. The lowest BCUT2D eigenvalue weighted by atomic mass is 10.3. The van der Waals surface area contributed by atoms with Crippen molar-refractivity contribution in [2.24, 2.45) is 0 Å². The zero-order valence-electron chi connectivity index (χ0n) is 9.33. The molecule has 0 aliphatic carbocycles. The fraction of sp³-hybridized carbons (Fsp3) is 0.0769. The third-order valence-electron chi connectivity index (χ3n) is 2.24. The van der Waals surface area contributed by atoms with Gasteiger partial charge in [0.25, 0.3) is 0 Å². The second kappa shape index (κ2) is 5.37. The van der Waals surface area contributed by atoms with Crippen molar-refractivity contribution in [2.45, 2.75) is 9.79 Å². The van der Waals surface area contributed by atoms with Crippen molar-refractivity contribution < 1.29 is 4.74 Å². The van der Waals surface area contributed by atoms with E-state index in [9.17, 15) is 0 Å². The molecule has 84 valence electrons. The van der Waals surface area contributed by atoms with Crippen LogP contribution in [0.15, 0.2) is 58.3 Å². The van der Waals surface area contributed by atoms with Crippen molar-refractivity contribution >= 4 is 17.4 Å². The van der Waals surface area contributed by atoms with E-state index < -0.39 is 0 Å². The first kappa shape index (κ1) is 11.5. The molecule has 0 atom stereocenters. The topological polar surface area (TPSA) is 37.4 Å². The highest BCUT2D eigenvalue weighted by atomic mass is 32.2. The van der Waals surface area contributed by atoms with E-state index in [1.165, 1.54) is 0 Å².